The molecule has 4 heteroatoms. The van der Waals surface area contributed by atoms with Crippen molar-refractivity contribution in [3.05, 3.63) is 17.0 Å². The van der Waals surface area contributed by atoms with Gasteiger partial charge in [-0.3, -0.25) is 4.68 Å². The SMILES string of the molecule is CCn1nc(C)c(C2(N)CCC(O)CC2)c1C. The predicted octanol–water partition coefficient (Wildman–Crippen LogP) is 1.61. The van der Waals surface area contributed by atoms with Gasteiger partial charge in [-0.1, -0.05) is 0 Å². The Bertz CT molecular complexity index is 403. The first-order chi connectivity index (χ1) is 7.98. The summed E-state index contributed by atoms with van der Waals surface area (Å²) in [5.41, 5.74) is 9.69. The van der Waals surface area contributed by atoms with E-state index in [1.54, 1.807) is 0 Å². The molecule has 0 spiro atoms. The number of nitrogens with two attached hydrogens (primary N) is 1. The molecule has 2 rings (SSSR count). The maximum Gasteiger partial charge on any atom is 0.0647 e. The Hall–Kier alpha value is -0.870. The first-order valence-corrected chi connectivity index (χ1v) is 6.49. The van der Waals surface area contributed by atoms with Gasteiger partial charge in [0.25, 0.3) is 0 Å². The molecule has 0 radical (unpaired) electrons. The number of hydrogen-bond acceptors (Lipinski definition) is 3. The Balaban J connectivity index is 2.36. The highest BCUT2D eigenvalue weighted by molar-refractivity contribution is 5.33. The lowest BCUT2D eigenvalue weighted by molar-refractivity contribution is 0.0965. The van der Waals surface area contributed by atoms with Gasteiger partial charge in [-0.05, 0) is 46.5 Å². The summed E-state index contributed by atoms with van der Waals surface area (Å²) in [6.07, 6.45) is 3.13. The second kappa shape index (κ2) is 4.42. The Morgan fingerprint density at radius 1 is 1.41 bits per heavy atom. The largest absolute Gasteiger partial charge is 0.393 e. The van der Waals surface area contributed by atoms with Crippen molar-refractivity contribution in [2.45, 2.75) is 64.6 Å². The van der Waals surface area contributed by atoms with E-state index in [2.05, 4.69) is 18.9 Å². The molecule has 0 bridgehead atoms. The Kier molecular flexibility index (Phi) is 3.27. The maximum absolute atomic E-state index is 9.60. The molecule has 3 N–H and O–H groups in total. The van der Waals surface area contributed by atoms with Crippen molar-refractivity contribution in [1.29, 1.82) is 0 Å². The zero-order valence-corrected chi connectivity index (χ0v) is 11.0. The van der Waals surface area contributed by atoms with Crippen LogP contribution in [0.3, 0.4) is 0 Å². The Labute approximate surface area is 103 Å². The van der Waals surface area contributed by atoms with Crippen LogP contribution >= 0.6 is 0 Å². The van der Waals surface area contributed by atoms with Crippen LogP contribution in [0.15, 0.2) is 0 Å². The van der Waals surface area contributed by atoms with Gasteiger partial charge < -0.3 is 10.8 Å². The predicted molar refractivity (Wildman–Crippen MR) is 67.7 cm³/mol. The average Bonchev–Trinajstić information content (AvgIpc) is 2.59. The fourth-order valence-electron chi connectivity index (χ4n) is 3.09. The highest BCUT2D eigenvalue weighted by Gasteiger charge is 2.36. The van der Waals surface area contributed by atoms with E-state index in [0.29, 0.717) is 0 Å². The Morgan fingerprint density at radius 2 is 2.00 bits per heavy atom. The molecule has 0 atom stereocenters. The molecule has 1 aliphatic carbocycles. The van der Waals surface area contributed by atoms with Gasteiger partial charge in [-0.2, -0.15) is 5.10 Å². The van der Waals surface area contributed by atoms with Crippen LogP contribution in [-0.2, 0) is 12.1 Å². The fourth-order valence-corrected chi connectivity index (χ4v) is 3.09. The molecule has 1 fully saturated rings. The molecular formula is C13H23N3O. The van der Waals surface area contributed by atoms with E-state index in [9.17, 15) is 5.11 Å². The molecule has 4 nitrogen and oxygen atoms in total. The smallest absolute Gasteiger partial charge is 0.0647 e. The molecule has 1 heterocycles. The number of nitrogens with zero attached hydrogens (tertiary/aromatic N) is 2. The first kappa shape index (κ1) is 12.6. The second-order valence-corrected chi connectivity index (χ2v) is 5.25. The quantitative estimate of drug-likeness (QED) is 0.821. The van der Waals surface area contributed by atoms with Gasteiger partial charge in [0, 0.05) is 23.3 Å². The molecule has 0 unspecified atom stereocenters. The lowest BCUT2D eigenvalue weighted by atomic mass is 9.75. The topological polar surface area (TPSA) is 64.1 Å². The van der Waals surface area contributed by atoms with Crippen molar-refractivity contribution >= 4 is 0 Å². The number of aryl methyl sites for hydroxylation is 2. The number of hydrogen-bond donors (Lipinski definition) is 2. The molecule has 0 aromatic carbocycles. The van der Waals surface area contributed by atoms with E-state index in [4.69, 9.17) is 5.73 Å². The van der Waals surface area contributed by atoms with Gasteiger partial charge in [0.2, 0.25) is 0 Å². The molecule has 0 saturated heterocycles. The van der Waals surface area contributed by atoms with Gasteiger partial charge in [0.1, 0.15) is 0 Å². The van der Waals surface area contributed by atoms with Crippen molar-refractivity contribution in [1.82, 2.24) is 9.78 Å². The van der Waals surface area contributed by atoms with Crippen LogP contribution < -0.4 is 5.73 Å². The molecule has 17 heavy (non-hydrogen) atoms. The monoisotopic (exact) mass is 237 g/mol. The van der Waals surface area contributed by atoms with Crippen LogP contribution in [0.1, 0.15) is 49.6 Å². The summed E-state index contributed by atoms with van der Waals surface area (Å²) in [4.78, 5) is 0. The van der Waals surface area contributed by atoms with Gasteiger partial charge in [-0.25, -0.2) is 0 Å². The molecule has 1 saturated carbocycles. The van der Waals surface area contributed by atoms with Crippen LogP contribution in [0.2, 0.25) is 0 Å². The van der Waals surface area contributed by atoms with Gasteiger partial charge >= 0.3 is 0 Å². The van der Waals surface area contributed by atoms with Crippen molar-refractivity contribution in [3.8, 4) is 0 Å². The van der Waals surface area contributed by atoms with Gasteiger partial charge in [0.05, 0.1) is 11.8 Å². The maximum atomic E-state index is 9.60. The van der Waals surface area contributed by atoms with Crippen LogP contribution in [0.5, 0.6) is 0 Å². The van der Waals surface area contributed by atoms with E-state index in [1.165, 1.54) is 11.3 Å². The number of aliphatic hydroxyl groups is 1. The standard InChI is InChI=1S/C13H23N3O/c1-4-16-10(3)12(9(2)15-16)13(14)7-5-11(17)6-8-13/h11,17H,4-8,14H2,1-3H3. The first-order valence-electron chi connectivity index (χ1n) is 6.49. The average molecular weight is 237 g/mol. The number of rotatable bonds is 2. The zero-order valence-electron chi connectivity index (χ0n) is 11.0. The van der Waals surface area contributed by atoms with Crippen molar-refractivity contribution in [3.63, 3.8) is 0 Å². The summed E-state index contributed by atoms with van der Waals surface area (Å²) in [6, 6.07) is 0. The van der Waals surface area contributed by atoms with Crippen molar-refractivity contribution < 1.29 is 5.11 Å². The van der Waals surface area contributed by atoms with Crippen LogP contribution in [0, 0.1) is 13.8 Å². The summed E-state index contributed by atoms with van der Waals surface area (Å²) < 4.78 is 2.02. The summed E-state index contributed by atoms with van der Waals surface area (Å²) in [5.74, 6) is 0. The fraction of sp³-hybridized carbons (Fsp3) is 0.769. The molecule has 1 aromatic heterocycles. The van der Waals surface area contributed by atoms with Gasteiger partial charge in [-0.15, -0.1) is 0 Å². The molecule has 96 valence electrons. The van der Waals surface area contributed by atoms with E-state index in [-0.39, 0.29) is 11.6 Å². The van der Waals surface area contributed by atoms with E-state index < -0.39 is 0 Å². The summed E-state index contributed by atoms with van der Waals surface area (Å²) in [6.45, 7) is 7.11. The minimum atomic E-state index is -0.291. The highest BCUT2D eigenvalue weighted by Crippen LogP contribution is 2.37. The van der Waals surface area contributed by atoms with Crippen LogP contribution in [0.4, 0.5) is 0 Å². The molecular weight excluding hydrogens is 214 g/mol. The number of aliphatic hydroxyl groups excluding tert-OH is 1. The van der Waals surface area contributed by atoms with Crippen molar-refractivity contribution in [2.24, 2.45) is 5.73 Å². The third-order valence-corrected chi connectivity index (χ3v) is 4.03. The summed E-state index contributed by atoms with van der Waals surface area (Å²) in [5, 5.41) is 14.1. The van der Waals surface area contributed by atoms with E-state index in [0.717, 1.165) is 37.9 Å². The molecule has 0 aliphatic heterocycles. The second-order valence-electron chi connectivity index (χ2n) is 5.25. The van der Waals surface area contributed by atoms with E-state index >= 15 is 0 Å². The number of aromatic nitrogens is 2. The Morgan fingerprint density at radius 3 is 2.47 bits per heavy atom. The summed E-state index contributed by atoms with van der Waals surface area (Å²) >= 11 is 0. The van der Waals surface area contributed by atoms with Crippen LogP contribution in [0.25, 0.3) is 0 Å². The third kappa shape index (κ3) is 2.11. The summed E-state index contributed by atoms with van der Waals surface area (Å²) in [7, 11) is 0. The minimum Gasteiger partial charge on any atom is -0.393 e. The molecule has 1 aliphatic rings. The highest BCUT2D eigenvalue weighted by atomic mass is 16.3. The van der Waals surface area contributed by atoms with Gasteiger partial charge in [0.15, 0.2) is 0 Å². The third-order valence-electron chi connectivity index (χ3n) is 4.03. The van der Waals surface area contributed by atoms with E-state index in [1.807, 2.05) is 11.6 Å². The molecule has 1 aromatic rings. The normalized spacial score (nSPS) is 29.6. The molecule has 0 amide bonds. The lowest BCUT2D eigenvalue weighted by Crippen LogP contribution is -2.42. The van der Waals surface area contributed by atoms with Crippen molar-refractivity contribution in [2.75, 3.05) is 0 Å². The van der Waals surface area contributed by atoms with Crippen LogP contribution in [-0.4, -0.2) is 21.0 Å². The lowest BCUT2D eigenvalue weighted by Gasteiger charge is -2.36. The minimum absolute atomic E-state index is 0.173. The zero-order chi connectivity index (χ0) is 12.6.